The predicted octanol–water partition coefficient (Wildman–Crippen LogP) is 0.818. The van der Waals surface area contributed by atoms with E-state index in [1.165, 1.54) is 25.9 Å². The number of rotatable bonds is 5. The van der Waals surface area contributed by atoms with Crippen molar-refractivity contribution in [1.82, 2.24) is 10.2 Å². The molecule has 17 heavy (non-hydrogen) atoms. The third-order valence-electron chi connectivity index (χ3n) is 3.92. The second kappa shape index (κ2) is 6.97. The molecule has 1 saturated heterocycles. The Kier molecular flexibility index (Phi) is 5.92. The van der Waals surface area contributed by atoms with Gasteiger partial charge >= 0.3 is 0 Å². The molecule has 4 nitrogen and oxygen atoms in total. The monoisotopic (exact) mass is 241 g/mol. The van der Waals surface area contributed by atoms with Crippen LogP contribution in [0, 0.1) is 11.8 Å². The van der Waals surface area contributed by atoms with Crippen LogP contribution < -0.4 is 11.1 Å². The second-order valence-electron chi connectivity index (χ2n) is 5.27. The van der Waals surface area contributed by atoms with E-state index in [0.29, 0.717) is 5.92 Å². The minimum atomic E-state index is -0.0919. The molecular formula is C13H27N3O. The summed E-state index contributed by atoms with van der Waals surface area (Å²) >= 11 is 0. The zero-order valence-electron chi connectivity index (χ0n) is 11.4. The molecule has 1 aliphatic heterocycles. The number of nitrogens with one attached hydrogen (secondary N) is 1. The molecule has 1 aliphatic rings. The van der Waals surface area contributed by atoms with Gasteiger partial charge in [-0.3, -0.25) is 4.79 Å². The van der Waals surface area contributed by atoms with Gasteiger partial charge in [-0.25, -0.2) is 0 Å². The Morgan fingerprint density at radius 1 is 1.41 bits per heavy atom. The highest BCUT2D eigenvalue weighted by atomic mass is 16.1. The number of nitrogens with zero attached hydrogens (tertiary/aromatic N) is 1. The molecule has 1 amide bonds. The van der Waals surface area contributed by atoms with Gasteiger partial charge in [0.25, 0.3) is 0 Å². The van der Waals surface area contributed by atoms with Crippen molar-refractivity contribution >= 4 is 5.91 Å². The lowest BCUT2D eigenvalue weighted by Crippen LogP contribution is -2.42. The Morgan fingerprint density at radius 2 is 2.00 bits per heavy atom. The smallest absolute Gasteiger partial charge is 0.224 e. The largest absolute Gasteiger partial charge is 0.356 e. The fourth-order valence-electron chi connectivity index (χ4n) is 2.15. The Bertz CT molecular complexity index is 235. The molecule has 0 aromatic rings. The maximum atomic E-state index is 11.7. The van der Waals surface area contributed by atoms with Crippen LogP contribution in [0.4, 0.5) is 0 Å². The van der Waals surface area contributed by atoms with Crippen molar-refractivity contribution < 1.29 is 4.79 Å². The average molecular weight is 241 g/mol. The highest BCUT2D eigenvalue weighted by Crippen LogP contribution is 2.16. The van der Waals surface area contributed by atoms with Crippen LogP contribution in [0.1, 0.15) is 33.6 Å². The number of carbonyl (C=O) groups excluding carboxylic acids is 1. The molecule has 2 unspecified atom stereocenters. The van der Waals surface area contributed by atoms with Crippen molar-refractivity contribution in [1.29, 1.82) is 0 Å². The summed E-state index contributed by atoms with van der Waals surface area (Å²) in [6, 6.07) is -0.0723. The molecule has 1 heterocycles. The maximum absolute atomic E-state index is 11.7. The first kappa shape index (κ1) is 14.5. The SMILES string of the molecule is CCN1CCC(CNC(=O)C(C)C(C)N)CC1. The Morgan fingerprint density at radius 3 is 2.47 bits per heavy atom. The zero-order valence-corrected chi connectivity index (χ0v) is 11.4. The lowest BCUT2D eigenvalue weighted by Gasteiger charge is -2.31. The minimum absolute atomic E-state index is 0.0723. The van der Waals surface area contributed by atoms with Crippen LogP contribution in [0.5, 0.6) is 0 Å². The summed E-state index contributed by atoms with van der Waals surface area (Å²) in [4.78, 5) is 14.2. The number of hydrogen-bond donors (Lipinski definition) is 2. The van der Waals surface area contributed by atoms with Gasteiger partial charge in [0.05, 0.1) is 0 Å². The van der Waals surface area contributed by atoms with E-state index >= 15 is 0 Å². The van der Waals surface area contributed by atoms with Crippen molar-refractivity contribution in [2.45, 2.75) is 39.7 Å². The van der Waals surface area contributed by atoms with Gasteiger partial charge < -0.3 is 16.0 Å². The van der Waals surface area contributed by atoms with Crippen molar-refractivity contribution in [3.05, 3.63) is 0 Å². The van der Waals surface area contributed by atoms with Gasteiger partial charge in [-0.2, -0.15) is 0 Å². The summed E-state index contributed by atoms with van der Waals surface area (Å²) in [5.74, 6) is 0.644. The fourth-order valence-corrected chi connectivity index (χ4v) is 2.15. The maximum Gasteiger partial charge on any atom is 0.224 e. The summed E-state index contributed by atoms with van der Waals surface area (Å²) in [7, 11) is 0. The van der Waals surface area contributed by atoms with E-state index in [4.69, 9.17) is 5.73 Å². The van der Waals surface area contributed by atoms with E-state index in [2.05, 4.69) is 17.1 Å². The first-order valence-electron chi connectivity index (χ1n) is 6.80. The van der Waals surface area contributed by atoms with Gasteiger partial charge in [0.15, 0.2) is 0 Å². The number of piperidine rings is 1. The Labute approximate surface area is 105 Å². The molecule has 0 saturated carbocycles. The molecule has 0 bridgehead atoms. The Balaban J connectivity index is 2.21. The van der Waals surface area contributed by atoms with Crippen LogP contribution in [0.25, 0.3) is 0 Å². The molecule has 2 atom stereocenters. The van der Waals surface area contributed by atoms with E-state index < -0.39 is 0 Å². The molecule has 0 aromatic heterocycles. The molecule has 0 spiro atoms. The van der Waals surface area contributed by atoms with Crippen molar-refractivity contribution in [3.63, 3.8) is 0 Å². The number of likely N-dealkylation sites (tertiary alicyclic amines) is 1. The summed E-state index contributed by atoms with van der Waals surface area (Å²) in [5, 5.41) is 3.03. The lowest BCUT2D eigenvalue weighted by molar-refractivity contribution is -0.125. The number of nitrogens with two attached hydrogens (primary N) is 1. The van der Waals surface area contributed by atoms with Gasteiger partial charge in [-0.15, -0.1) is 0 Å². The normalized spacial score (nSPS) is 22.1. The van der Waals surface area contributed by atoms with E-state index in [1.54, 1.807) is 0 Å². The zero-order chi connectivity index (χ0) is 12.8. The standard InChI is InChI=1S/C13H27N3O/c1-4-16-7-5-12(6-8-16)9-15-13(17)10(2)11(3)14/h10-12H,4-9,14H2,1-3H3,(H,15,17). The highest BCUT2D eigenvalue weighted by Gasteiger charge is 2.21. The number of amides is 1. The summed E-state index contributed by atoms with van der Waals surface area (Å²) in [6.45, 7) is 10.3. The molecular weight excluding hydrogens is 214 g/mol. The quantitative estimate of drug-likeness (QED) is 0.749. The van der Waals surface area contributed by atoms with Crippen molar-refractivity contribution in [2.24, 2.45) is 17.6 Å². The first-order chi connectivity index (χ1) is 8.04. The summed E-state index contributed by atoms with van der Waals surface area (Å²) in [6.07, 6.45) is 2.39. The van der Waals surface area contributed by atoms with Crippen LogP contribution in [0.2, 0.25) is 0 Å². The van der Waals surface area contributed by atoms with Gasteiger partial charge in [-0.05, 0) is 45.3 Å². The van der Waals surface area contributed by atoms with Crippen molar-refractivity contribution in [2.75, 3.05) is 26.2 Å². The number of carbonyl (C=O) groups is 1. The van der Waals surface area contributed by atoms with E-state index in [0.717, 1.165) is 13.1 Å². The van der Waals surface area contributed by atoms with Gasteiger partial charge in [0.1, 0.15) is 0 Å². The summed E-state index contributed by atoms with van der Waals surface area (Å²) < 4.78 is 0. The molecule has 0 aliphatic carbocycles. The number of hydrogen-bond acceptors (Lipinski definition) is 3. The van der Waals surface area contributed by atoms with E-state index in [1.807, 2.05) is 13.8 Å². The molecule has 4 heteroatoms. The van der Waals surface area contributed by atoms with Crippen LogP contribution in [0.3, 0.4) is 0 Å². The molecule has 1 fully saturated rings. The lowest BCUT2D eigenvalue weighted by atomic mass is 9.96. The van der Waals surface area contributed by atoms with Crippen molar-refractivity contribution in [3.8, 4) is 0 Å². The topological polar surface area (TPSA) is 58.4 Å². The summed E-state index contributed by atoms with van der Waals surface area (Å²) in [5.41, 5.74) is 5.71. The molecule has 0 radical (unpaired) electrons. The molecule has 1 rings (SSSR count). The van der Waals surface area contributed by atoms with Crippen LogP contribution in [0.15, 0.2) is 0 Å². The van der Waals surface area contributed by atoms with E-state index in [-0.39, 0.29) is 17.9 Å². The third kappa shape index (κ3) is 4.64. The van der Waals surface area contributed by atoms with Crippen LogP contribution in [-0.2, 0) is 4.79 Å². The fraction of sp³-hybridized carbons (Fsp3) is 0.923. The minimum Gasteiger partial charge on any atom is -0.356 e. The molecule has 0 aromatic carbocycles. The van der Waals surface area contributed by atoms with Gasteiger partial charge in [-0.1, -0.05) is 13.8 Å². The third-order valence-corrected chi connectivity index (χ3v) is 3.92. The highest BCUT2D eigenvalue weighted by molar-refractivity contribution is 5.78. The average Bonchev–Trinajstić information content (AvgIpc) is 2.35. The van der Waals surface area contributed by atoms with Gasteiger partial charge in [0.2, 0.25) is 5.91 Å². The predicted molar refractivity (Wildman–Crippen MR) is 70.7 cm³/mol. The van der Waals surface area contributed by atoms with E-state index in [9.17, 15) is 4.79 Å². The van der Waals surface area contributed by atoms with Gasteiger partial charge in [0, 0.05) is 18.5 Å². The van der Waals surface area contributed by atoms with Crippen LogP contribution >= 0.6 is 0 Å². The van der Waals surface area contributed by atoms with Crippen LogP contribution in [-0.4, -0.2) is 43.0 Å². The second-order valence-corrected chi connectivity index (χ2v) is 5.27. The molecule has 3 N–H and O–H groups in total. The Hall–Kier alpha value is -0.610. The molecule has 100 valence electrons. The first-order valence-corrected chi connectivity index (χ1v) is 6.80.